The van der Waals surface area contributed by atoms with E-state index >= 15 is 0 Å². The van der Waals surface area contributed by atoms with Gasteiger partial charge < -0.3 is 10.3 Å². The molecule has 0 aliphatic carbocycles. The van der Waals surface area contributed by atoms with Crippen molar-refractivity contribution in [1.82, 2.24) is 9.55 Å². The molecular formula is C12H22FN3. The smallest absolute Gasteiger partial charge is 0.111 e. The van der Waals surface area contributed by atoms with Gasteiger partial charge in [0.2, 0.25) is 0 Å². The second-order valence-corrected chi connectivity index (χ2v) is 4.49. The van der Waals surface area contributed by atoms with Crippen LogP contribution >= 0.6 is 0 Å². The zero-order valence-corrected chi connectivity index (χ0v) is 10.4. The molecule has 0 amide bonds. The fourth-order valence-corrected chi connectivity index (χ4v) is 1.98. The topological polar surface area (TPSA) is 43.8 Å². The van der Waals surface area contributed by atoms with E-state index < -0.39 is 6.17 Å². The van der Waals surface area contributed by atoms with Crippen molar-refractivity contribution < 1.29 is 4.39 Å². The van der Waals surface area contributed by atoms with Crippen molar-refractivity contribution in [2.24, 2.45) is 17.6 Å². The van der Waals surface area contributed by atoms with E-state index in [4.69, 9.17) is 5.73 Å². The molecule has 0 saturated carbocycles. The first-order chi connectivity index (χ1) is 7.60. The molecule has 0 spiro atoms. The van der Waals surface area contributed by atoms with Crippen molar-refractivity contribution in [3.05, 3.63) is 18.2 Å². The summed E-state index contributed by atoms with van der Waals surface area (Å²) < 4.78 is 16.0. The monoisotopic (exact) mass is 227 g/mol. The Balaban J connectivity index is 2.66. The van der Waals surface area contributed by atoms with E-state index in [1.807, 2.05) is 31.5 Å². The summed E-state index contributed by atoms with van der Waals surface area (Å²) in [5, 5.41) is 0. The molecule has 2 unspecified atom stereocenters. The first kappa shape index (κ1) is 13.2. The average Bonchev–Trinajstić information content (AvgIpc) is 2.65. The number of nitrogens with zero attached hydrogens (tertiary/aromatic N) is 2. The fraction of sp³-hybridized carbons (Fsp3) is 0.750. The molecular weight excluding hydrogens is 205 g/mol. The standard InChI is InChI=1S/C12H22FN3/c1-4-16-6-5-15-12(16)7-11(13)10(8-14)9(2)3/h5-6,9-11H,4,7-8,14H2,1-3H3. The Hall–Kier alpha value is -0.900. The maximum absolute atomic E-state index is 14.1. The van der Waals surface area contributed by atoms with Crippen LogP contribution in [0, 0.1) is 11.8 Å². The van der Waals surface area contributed by atoms with Gasteiger partial charge in [-0.05, 0) is 19.4 Å². The zero-order chi connectivity index (χ0) is 12.1. The lowest BCUT2D eigenvalue weighted by Crippen LogP contribution is -2.31. The van der Waals surface area contributed by atoms with Crippen LogP contribution in [0.25, 0.3) is 0 Å². The first-order valence-corrected chi connectivity index (χ1v) is 5.94. The third kappa shape index (κ3) is 3.04. The Morgan fingerprint density at radius 3 is 2.69 bits per heavy atom. The van der Waals surface area contributed by atoms with E-state index in [-0.39, 0.29) is 11.8 Å². The molecule has 92 valence electrons. The Bertz CT molecular complexity index is 309. The Kier molecular flexibility index (Phi) is 4.93. The van der Waals surface area contributed by atoms with Crippen LogP contribution in [0.4, 0.5) is 4.39 Å². The highest BCUT2D eigenvalue weighted by Crippen LogP contribution is 2.20. The van der Waals surface area contributed by atoms with Crippen molar-refractivity contribution in [1.29, 1.82) is 0 Å². The SMILES string of the molecule is CCn1ccnc1CC(F)C(CN)C(C)C. The zero-order valence-electron chi connectivity index (χ0n) is 10.4. The normalized spacial score (nSPS) is 15.4. The molecule has 1 aromatic rings. The average molecular weight is 227 g/mol. The molecule has 0 aromatic carbocycles. The lowest BCUT2D eigenvalue weighted by Gasteiger charge is -2.23. The molecule has 0 radical (unpaired) electrons. The van der Waals surface area contributed by atoms with Gasteiger partial charge in [-0.1, -0.05) is 13.8 Å². The summed E-state index contributed by atoms with van der Waals surface area (Å²) in [4.78, 5) is 4.19. The third-order valence-corrected chi connectivity index (χ3v) is 3.11. The highest BCUT2D eigenvalue weighted by molar-refractivity contribution is 4.95. The predicted molar refractivity (Wildman–Crippen MR) is 63.9 cm³/mol. The number of rotatable bonds is 6. The summed E-state index contributed by atoms with van der Waals surface area (Å²) in [5.41, 5.74) is 5.61. The van der Waals surface area contributed by atoms with Crippen molar-refractivity contribution in [2.45, 2.75) is 39.9 Å². The fourth-order valence-electron chi connectivity index (χ4n) is 1.98. The molecule has 4 heteroatoms. The molecule has 2 atom stereocenters. The molecule has 2 N–H and O–H groups in total. The van der Waals surface area contributed by atoms with Crippen molar-refractivity contribution in [3.63, 3.8) is 0 Å². The van der Waals surface area contributed by atoms with Gasteiger partial charge in [-0.3, -0.25) is 0 Å². The van der Waals surface area contributed by atoms with Crippen LogP contribution in [0.2, 0.25) is 0 Å². The molecule has 1 rings (SSSR count). The van der Waals surface area contributed by atoms with Gasteiger partial charge in [-0.15, -0.1) is 0 Å². The molecule has 16 heavy (non-hydrogen) atoms. The quantitative estimate of drug-likeness (QED) is 0.808. The van der Waals surface area contributed by atoms with E-state index in [1.54, 1.807) is 6.20 Å². The van der Waals surface area contributed by atoms with Gasteiger partial charge in [0, 0.05) is 31.3 Å². The van der Waals surface area contributed by atoms with E-state index in [2.05, 4.69) is 4.98 Å². The molecule has 3 nitrogen and oxygen atoms in total. The Labute approximate surface area is 96.9 Å². The second-order valence-electron chi connectivity index (χ2n) is 4.49. The molecule has 1 heterocycles. The lowest BCUT2D eigenvalue weighted by atomic mass is 9.89. The van der Waals surface area contributed by atoms with Gasteiger partial charge >= 0.3 is 0 Å². The van der Waals surface area contributed by atoms with Gasteiger partial charge in [0.15, 0.2) is 0 Å². The number of alkyl halides is 1. The molecule has 0 saturated heterocycles. The molecule has 0 bridgehead atoms. The maximum Gasteiger partial charge on any atom is 0.111 e. The third-order valence-electron chi connectivity index (χ3n) is 3.11. The Morgan fingerprint density at radius 2 is 2.19 bits per heavy atom. The lowest BCUT2D eigenvalue weighted by molar-refractivity contribution is 0.182. The van der Waals surface area contributed by atoms with Crippen LogP contribution in [0.15, 0.2) is 12.4 Å². The van der Waals surface area contributed by atoms with Crippen molar-refractivity contribution in [2.75, 3.05) is 6.54 Å². The van der Waals surface area contributed by atoms with Gasteiger partial charge in [0.25, 0.3) is 0 Å². The van der Waals surface area contributed by atoms with Crippen LogP contribution in [-0.4, -0.2) is 22.3 Å². The van der Waals surface area contributed by atoms with Crippen LogP contribution in [0.1, 0.15) is 26.6 Å². The highest BCUT2D eigenvalue weighted by atomic mass is 19.1. The van der Waals surface area contributed by atoms with E-state index in [0.717, 1.165) is 12.4 Å². The van der Waals surface area contributed by atoms with Crippen LogP contribution < -0.4 is 5.73 Å². The molecule has 1 aromatic heterocycles. The summed E-state index contributed by atoms with van der Waals surface area (Å²) in [7, 11) is 0. The molecule has 0 aliphatic rings. The van der Waals surface area contributed by atoms with Gasteiger partial charge in [0.1, 0.15) is 12.0 Å². The second kappa shape index (κ2) is 5.99. The van der Waals surface area contributed by atoms with Gasteiger partial charge in [-0.25, -0.2) is 9.37 Å². The summed E-state index contributed by atoms with van der Waals surface area (Å²) in [6, 6.07) is 0. The number of hydrogen-bond donors (Lipinski definition) is 1. The molecule has 0 fully saturated rings. The number of aryl methyl sites for hydroxylation is 1. The van der Waals surface area contributed by atoms with E-state index in [9.17, 15) is 4.39 Å². The first-order valence-electron chi connectivity index (χ1n) is 5.94. The summed E-state index contributed by atoms with van der Waals surface area (Å²) in [6.07, 6.45) is 3.06. The minimum Gasteiger partial charge on any atom is -0.335 e. The van der Waals surface area contributed by atoms with Gasteiger partial charge in [-0.2, -0.15) is 0 Å². The summed E-state index contributed by atoms with van der Waals surface area (Å²) in [5.74, 6) is 1.00. The predicted octanol–water partition coefficient (Wildman–Crippen LogP) is 2.01. The van der Waals surface area contributed by atoms with Gasteiger partial charge in [0.05, 0.1) is 0 Å². The van der Waals surface area contributed by atoms with Crippen LogP contribution in [0.5, 0.6) is 0 Å². The number of imidazole rings is 1. The number of hydrogen-bond acceptors (Lipinski definition) is 2. The highest BCUT2D eigenvalue weighted by Gasteiger charge is 2.24. The maximum atomic E-state index is 14.1. The van der Waals surface area contributed by atoms with Crippen molar-refractivity contribution >= 4 is 0 Å². The number of aromatic nitrogens is 2. The minimum absolute atomic E-state index is 0.0815. The molecule has 0 aliphatic heterocycles. The van der Waals surface area contributed by atoms with E-state index in [1.165, 1.54) is 0 Å². The summed E-state index contributed by atoms with van der Waals surface area (Å²) in [6.45, 7) is 7.27. The van der Waals surface area contributed by atoms with Crippen molar-refractivity contribution in [3.8, 4) is 0 Å². The number of halogens is 1. The summed E-state index contributed by atoms with van der Waals surface area (Å²) >= 11 is 0. The van der Waals surface area contributed by atoms with Crippen LogP contribution in [-0.2, 0) is 13.0 Å². The Morgan fingerprint density at radius 1 is 1.50 bits per heavy atom. The van der Waals surface area contributed by atoms with Crippen LogP contribution in [0.3, 0.4) is 0 Å². The largest absolute Gasteiger partial charge is 0.335 e. The minimum atomic E-state index is -0.905. The number of nitrogens with two attached hydrogens (primary N) is 1. The van der Waals surface area contributed by atoms with E-state index in [0.29, 0.717) is 13.0 Å².